The first kappa shape index (κ1) is 15.0. The van der Waals surface area contributed by atoms with Gasteiger partial charge in [0.05, 0.1) is 10.9 Å². The van der Waals surface area contributed by atoms with Crippen LogP contribution in [0.5, 0.6) is 0 Å². The van der Waals surface area contributed by atoms with Crippen molar-refractivity contribution in [2.45, 2.75) is 6.42 Å². The number of benzene rings is 3. The van der Waals surface area contributed by atoms with E-state index in [2.05, 4.69) is 72.8 Å². The van der Waals surface area contributed by atoms with E-state index < -0.39 is 0 Å². The molecule has 26 heavy (non-hydrogen) atoms. The molecule has 0 fully saturated rings. The van der Waals surface area contributed by atoms with Gasteiger partial charge in [0.15, 0.2) is 0 Å². The lowest BCUT2D eigenvalue weighted by Crippen LogP contribution is -2.32. The van der Waals surface area contributed by atoms with Gasteiger partial charge in [0, 0.05) is 23.3 Å². The lowest BCUT2D eigenvalue weighted by Gasteiger charge is -2.13. The molecule has 0 saturated carbocycles. The maximum atomic E-state index is 4.85. The molecule has 124 valence electrons. The number of aromatic nitrogens is 1. The minimum atomic E-state index is 0.813. The zero-order chi connectivity index (χ0) is 17.3. The second-order valence-electron chi connectivity index (χ2n) is 6.56. The van der Waals surface area contributed by atoms with Crippen LogP contribution in [0.1, 0.15) is 12.0 Å². The fraction of sp³-hybridized carbons (Fsp3) is 0.0833. The summed E-state index contributed by atoms with van der Waals surface area (Å²) in [4.78, 5) is 9.55. The van der Waals surface area contributed by atoms with Gasteiger partial charge in [-0.05, 0) is 34.8 Å². The fourth-order valence-electron chi connectivity index (χ4n) is 3.83. The molecule has 0 saturated heterocycles. The van der Waals surface area contributed by atoms with Crippen LogP contribution in [0.2, 0.25) is 0 Å². The van der Waals surface area contributed by atoms with Crippen LogP contribution in [0, 0.1) is 0 Å². The highest BCUT2D eigenvalue weighted by molar-refractivity contribution is 5.94. The Morgan fingerprint density at radius 3 is 2.19 bits per heavy atom. The average molecular weight is 334 g/mol. The van der Waals surface area contributed by atoms with Crippen molar-refractivity contribution >= 4 is 16.5 Å². The summed E-state index contributed by atoms with van der Waals surface area (Å²) in [7, 11) is 0. The molecular formula is C24H18N2. The first-order chi connectivity index (χ1) is 12.9. The Bertz CT molecular complexity index is 1210. The van der Waals surface area contributed by atoms with Crippen LogP contribution in [-0.2, 0) is 0 Å². The number of rotatable bonds is 2. The van der Waals surface area contributed by atoms with E-state index in [1.54, 1.807) is 0 Å². The Labute approximate surface area is 152 Å². The van der Waals surface area contributed by atoms with Crippen molar-refractivity contribution in [2.24, 2.45) is 4.99 Å². The second-order valence-corrected chi connectivity index (χ2v) is 6.56. The molecule has 5 rings (SSSR count). The van der Waals surface area contributed by atoms with Crippen molar-refractivity contribution in [3.8, 4) is 11.1 Å². The zero-order valence-electron chi connectivity index (χ0n) is 14.4. The van der Waals surface area contributed by atoms with E-state index in [-0.39, 0.29) is 0 Å². The van der Waals surface area contributed by atoms with Gasteiger partial charge in [0.25, 0.3) is 0 Å². The first-order valence-electron chi connectivity index (χ1n) is 8.98. The van der Waals surface area contributed by atoms with Crippen LogP contribution in [0.25, 0.3) is 27.6 Å². The highest BCUT2D eigenvalue weighted by Crippen LogP contribution is 2.26. The van der Waals surface area contributed by atoms with Crippen LogP contribution < -0.4 is 10.6 Å². The van der Waals surface area contributed by atoms with Crippen molar-refractivity contribution in [3.05, 3.63) is 101 Å². The van der Waals surface area contributed by atoms with E-state index in [9.17, 15) is 0 Å². The molecule has 4 aromatic rings. The van der Waals surface area contributed by atoms with E-state index in [0.29, 0.717) is 0 Å². The summed E-state index contributed by atoms with van der Waals surface area (Å²) in [6.07, 6.45) is 2.87. The molecule has 0 unspecified atom stereocenters. The summed E-state index contributed by atoms with van der Waals surface area (Å²) in [6.45, 7) is 0.813. The molecule has 1 aliphatic heterocycles. The Kier molecular flexibility index (Phi) is 3.60. The molecule has 1 aromatic heterocycles. The van der Waals surface area contributed by atoms with Crippen molar-refractivity contribution in [1.82, 2.24) is 4.98 Å². The van der Waals surface area contributed by atoms with Gasteiger partial charge < -0.3 is 0 Å². The third kappa shape index (κ3) is 2.42. The number of pyridine rings is 1. The summed E-state index contributed by atoms with van der Waals surface area (Å²) in [5, 5.41) is 3.41. The molecule has 0 N–H and O–H groups in total. The molecular weight excluding hydrogens is 316 g/mol. The summed E-state index contributed by atoms with van der Waals surface area (Å²) >= 11 is 0. The van der Waals surface area contributed by atoms with Gasteiger partial charge in [-0.3, -0.25) is 9.98 Å². The largest absolute Gasteiger partial charge is 0.282 e. The molecule has 2 nitrogen and oxygen atoms in total. The Morgan fingerprint density at radius 2 is 1.42 bits per heavy atom. The van der Waals surface area contributed by atoms with Crippen molar-refractivity contribution in [3.63, 3.8) is 0 Å². The molecule has 3 aromatic carbocycles. The van der Waals surface area contributed by atoms with Gasteiger partial charge in [-0.15, -0.1) is 0 Å². The normalized spacial score (nSPS) is 13.3. The number of nitrogens with zero attached hydrogens (tertiary/aromatic N) is 2. The second kappa shape index (κ2) is 6.23. The summed E-state index contributed by atoms with van der Waals surface area (Å²) < 4.78 is 0. The molecule has 2 heterocycles. The SMILES string of the molecule is c1ccc(C2=c3ccc4c(-c5ccccc5)ccnc4c3=NCC2)cc1. The van der Waals surface area contributed by atoms with Crippen molar-refractivity contribution in [1.29, 1.82) is 0 Å². The van der Waals surface area contributed by atoms with Gasteiger partial charge in [0.2, 0.25) is 0 Å². The molecule has 0 bridgehead atoms. The Hall–Kier alpha value is -3.26. The number of fused-ring (bicyclic) bond motifs is 3. The van der Waals surface area contributed by atoms with Crippen LogP contribution in [0.15, 0.2) is 90.1 Å². The smallest absolute Gasteiger partial charge is 0.0966 e. The van der Waals surface area contributed by atoms with E-state index >= 15 is 0 Å². The molecule has 0 aliphatic carbocycles. The molecule has 2 heteroatoms. The van der Waals surface area contributed by atoms with Gasteiger partial charge in [0.1, 0.15) is 0 Å². The third-order valence-corrected chi connectivity index (χ3v) is 5.05. The van der Waals surface area contributed by atoms with Crippen molar-refractivity contribution in [2.75, 3.05) is 6.54 Å². The van der Waals surface area contributed by atoms with Gasteiger partial charge >= 0.3 is 0 Å². The summed E-state index contributed by atoms with van der Waals surface area (Å²) in [6, 6.07) is 27.6. The zero-order valence-corrected chi connectivity index (χ0v) is 14.4. The third-order valence-electron chi connectivity index (χ3n) is 5.05. The maximum Gasteiger partial charge on any atom is 0.0966 e. The molecule has 1 aliphatic rings. The van der Waals surface area contributed by atoms with Crippen molar-refractivity contribution < 1.29 is 0 Å². The van der Waals surface area contributed by atoms with E-state index in [4.69, 9.17) is 9.98 Å². The minimum Gasteiger partial charge on any atom is -0.282 e. The molecule has 0 atom stereocenters. The van der Waals surface area contributed by atoms with Crippen LogP contribution in [0.3, 0.4) is 0 Å². The highest BCUT2D eigenvalue weighted by Gasteiger charge is 2.12. The maximum absolute atomic E-state index is 4.85. The topological polar surface area (TPSA) is 25.2 Å². The molecule has 0 spiro atoms. The average Bonchev–Trinajstić information content (AvgIpc) is 2.74. The monoisotopic (exact) mass is 334 g/mol. The molecule has 0 radical (unpaired) electrons. The lowest BCUT2D eigenvalue weighted by atomic mass is 9.95. The Balaban J connectivity index is 1.84. The first-order valence-corrected chi connectivity index (χ1v) is 8.98. The van der Waals surface area contributed by atoms with Crippen LogP contribution >= 0.6 is 0 Å². The number of hydrogen-bond acceptors (Lipinski definition) is 2. The standard InChI is InChI=1S/C24H18N2/c1-3-7-17(8-4-1)19-13-15-25-23-21(19)11-12-22-20(14-16-26-24(22)23)18-9-5-2-6-10-18/h1-13,15H,14,16H2. The quantitative estimate of drug-likeness (QED) is 0.541. The van der Waals surface area contributed by atoms with Gasteiger partial charge in [-0.25, -0.2) is 0 Å². The fourth-order valence-corrected chi connectivity index (χ4v) is 3.83. The Morgan fingerprint density at radius 1 is 0.692 bits per heavy atom. The summed E-state index contributed by atoms with van der Waals surface area (Å²) in [5.41, 5.74) is 6.06. The van der Waals surface area contributed by atoms with E-state index in [1.165, 1.54) is 27.5 Å². The van der Waals surface area contributed by atoms with Gasteiger partial charge in [-0.2, -0.15) is 0 Å². The predicted molar refractivity (Wildman–Crippen MR) is 106 cm³/mol. The number of hydrogen-bond donors (Lipinski definition) is 0. The molecule has 0 amide bonds. The lowest BCUT2D eigenvalue weighted by molar-refractivity contribution is 0.942. The van der Waals surface area contributed by atoms with E-state index in [1.807, 2.05) is 12.3 Å². The predicted octanol–water partition coefficient (Wildman–Crippen LogP) is 4.12. The highest BCUT2D eigenvalue weighted by atomic mass is 14.8. The van der Waals surface area contributed by atoms with Gasteiger partial charge in [-0.1, -0.05) is 72.8 Å². The van der Waals surface area contributed by atoms with Crippen LogP contribution in [0.4, 0.5) is 0 Å². The minimum absolute atomic E-state index is 0.813. The van der Waals surface area contributed by atoms with E-state index in [0.717, 1.165) is 29.2 Å². The summed E-state index contributed by atoms with van der Waals surface area (Å²) in [5.74, 6) is 0. The van der Waals surface area contributed by atoms with Crippen LogP contribution in [-0.4, -0.2) is 11.5 Å².